The van der Waals surface area contributed by atoms with Crippen LogP contribution in [0.25, 0.3) is 0 Å². The van der Waals surface area contributed by atoms with Gasteiger partial charge in [-0.25, -0.2) is 0 Å². The van der Waals surface area contributed by atoms with Crippen molar-refractivity contribution in [1.29, 1.82) is 0 Å². The Morgan fingerprint density at radius 1 is 0.538 bits per heavy atom. The van der Waals surface area contributed by atoms with E-state index in [-0.39, 0.29) is 58.7 Å². The average Bonchev–Trinajstić information content (AvgIpc) is 1.54. The van der Waals surface area contributed by atoms with Gasteiger partial charge in [0.15, 0.2) is 0 Å². The molecule has 0 aliphatic carbocycles. The van der Waals surface area contributed by atoms with Gasteiger partial charge in [0.2, 0.25) is 0 Å². The number of rotatable bonds is 0. The van der Waals surface area contributed by atoms with Crippen LogP contribution in [0.2, 0.25) is 0 Å². The normalized spacial score (nSPS) is 8.31. The van der Waals surface area contributed by atoms with E-state index in [4.69, 9.17) is 15.3 Å². The predicted molar refractivity (Wildman–Crippen MR) is 52.1 cm³/mol. The molecule has 0 unspecified atom stereocenters. The van der Waals surface area contributed by atoms with Crippen LogP contribution in [0.3, 0.4) is 0 Å². The van der Waals surface area contributed by atoms with E-state index in [0.717, 1.165) is 0 Å². The van der Waals surface area contributed by atoms with Crippen LogP contribution in [-0.2, 0) is 0 Å². The fraction of sp³-hybridized carbons (Fsp3) is 1.00. The van der Waals surface area contributed by atoms with Crippen LogP contribution in [0.4, 0.5) is 0 Å². The fourth-order valence-corrected chi connectivity index (χ4v) is 0. The standard InChI is InChI=1S/3C3H8O.Sm/c3*1-3(2)4;/h3*3-4H,1-2H3;. The van der Waals surface area contributed by atoms with Crippen LogP contribution in [0, 0.1) is 40.4 Å². The molecule has 0 radical (unpaired) electrons. The van der Waals surface area contributed by atoms with Crippen LogP contribution >= 0.6 is 0 Å². The van der Waals surface area contributed by atoms with Crippen molar-refractivity contribution in [2.75, 3.05) is 0 Å². The molecule has 3 nitrogen and oxygen atoms in total. The minimum absolute atomic E-state index is 0. The molecule has 0 amide bonds. The molecule has 0 aliphatic rings. The van der Waals surface area contributed by atoms with Gasteiger partial charge in [0.25, 0.3) is 0 Å². The van der Waals surface area contributed by atoms with Crippen LogP contribution in [0.15, 0.2) is 0 Å². The van der Waals surface area contributed by atoms with Gasteiger partial charge in [-0.15, -0.1) is 0 Å². The van der Waals surface area contributed by atoms with Crippen molar-refractivity contribution in [3.8, 4) is 0 Å². The molecule has 0 fully saturated rings. The first-order chi connectivity index (χ1) is 5.20. The van der Waals surface area contributed by atoms with Crippen molar-refractivity contribution in [1.82, 2.24) is 0 Å². The van der Waals surface area contributed by atoms with Gasteiger partial charge in [-0.3, -0.25) is 0 Å². The Bertz CT molecular complexity index is 43.4. The van der Waals surface area contributed by atoms with E-state index >= 15 is 0 Å². The van der Waals surface area contributed by atoms with Crippen LogP contribution in [0.1, 0.15) is 41.5 Å². The molecule has 0 saturated heterocycles. The van der Waals surface area contributed by atoms with Crippen molar-refractivity contribution >= 4 is 0 Å². The Labute approximate surface area is 115 Å². The molecular formula is C9H24O3Sm. The molecule has 0 atom stereocenters. The first-order valence-corrected chi connectivity index (χ1v) is 4.24. The van der Waals surface area contributed by atoms with Gasteiger partial charge >= 0.3 is 0 Å². The molecule has 84 valence electrons. The summed E-state index contributed by atoms with van der Waals surface area (Å²) >= 11 is 0. The van der Waals surface area contributed by atoms with Crippen LogP contribution in [-0.4, -0.2) is 33.6 Å². The maximum absolute atomic E-state index is 8.06. The SMILES string of the molecule is CC(C)O.CC(C)O.CC(C)O.[Sm]. The van der Waals surface area contributed by atoms with Gasteiger partial charge in [0.1, 0.15) is 0 Å². The predicted octanol–water partition coefficient (Wildman–Crippen LogP) is 1.16. The molecule has 0 spiro atoms. The summed E-state index contributed by atoms with van der Waals surface area (Å²) in [7, 11) is 0. The van der Waals surface area contributed by atoms with Gasteiger partial charge < -0.3 is 15.3 Å². The summed E-state index contributed by atoms with van der Waals surface area (Å²) in [6.07, 6.45) is -0.500. The van der Waals surface area contributed by atoms with E-state index in [1.54, 1.807) is 41.5 Å². The van der Waals surface area contributed by atoms with Crippen molar-refractivity contribution in [3.05, 3.63) is 0 Å². The Kier molecular flexibility index (Phi) is 34.6. The number of aliphatic hydroxyl groups is 3. The molecular weight excluding hydrogens is 306 g/mol. The molecule has 0 bridgehead atoms. The van der Waals surface area contributed by atoms with Gasteiger partial charge in [-0.1, -0.05) is 0 Å². The van der Waals surface area contributed by atoms with Crippen molar-refractivity contribution in [3.63, 3.8) is 0 Å². The largest absolute Gasteiger partial charge is 0.394 e. The minimum atomic E-state index is -0.167. The van der Waals surface area contributed by atoms with E-state index in [2.05, 4.69) is 0 Å². The first-order valence-electron chi connectivity index (χ1n) is 4.24. The number of aliphatic hydroxyl groups excluding tert-OH is 3. The van der Waals surface area contributed by atoms with Gasteiger partial charge in [0.05, 0.1) is 0 Å². The molecule has 0 saturated carbocycles. The molecule has 0 aromatic carbocycles. The topological polar surface area (TPSA) is 60.7 Å². The molecule has 4 heteroatoms. The molecule has 0 rings (SSSR count). The second-order valence-electron chi connectivity index (χ2n) is 3.28. The molecule has 0 aromatic heterocycles. The van der Waals surface area contributed by atoms with Gasteiger partial charge in [0, 0.05) is 58.7 Å². The van der Waals surface area contributed by atoms with Gasteiger partial charge in [-0.2, -0.15) is 0 Å². The summed E-state index contributed by atoms with van der Waals surface area (Å²) in [6, 6.07) is 0. The zero-order valence-electron chi connectivity index (χ0n) is 9.48. The zero-order chi connectivity index (χ0) is 10.7. The molecule has 3 N–H and O–H groups in total. The number of hydrogen-bond acceptors (Lipinski definition) is 3. The quantitative estimate of drug-likeness (QED) is 0.625. The Balaban J connectivity index is -0.0000000450. The third-order valence-corrected chi connectivity index (χ3v) is 0. The summed E-state index contributed by atoms with van der Waals surface area (Å²) in [4.78, 5) is 0. The second kappa shape index (κ2) is 18.9. The van der Waals surface area contributed by atoms with E-state index in [9.17, 15) is 0 Å². The monoisotopic (exact) mass is 332 g/mol. The zero-order valence-corrected chi connectivity index (χ0v) is 12.1. The first kappa shape index (κ1) is 23.8. The summed E-state index contributed by atoms with van der Waals surface area (Å²) < 4.78 is 0. The third kappa shape index (κ3) is 1120. The Morgan fingerprint density at radius 3 is 0.538 bits per heavy atom. The van der Waals surface area contributed by atoms with E-state index in [1.807, 2.05) is 0 Å². The van der Waals surface area contributed by atoms with Crippen molar-refractivity contribution in [2.45, 2.75) is 59.9 Å². The maximum Gasteiger partial charge on any atom is 0.0483 e. The Morgan fingerprint density at radius 2 is 0.538 bits per heavy atom. The molecule has 0 aliphatic heterocycles. The summed E-state index contributed by atoms with van der Waals surface area (Å²) in [5.74, 6) is 0. The molecule has 0 heterocycles. The van der Waals surface area contributed by atoms with Crippen molar-refractivity contribution < 1.29 is 55.7 Å². The number of hydrogen-bond donors (Lipinski definition) is 3. The smallest absolute Gasteiger partial charge is 0.0483 e. The maximum atomic E-state index is 8.06. The minimum Gasteiger partial charge on any atom is -0.394 e. The molecule has 13 heavy (non-hydrogen) atoms. The summed E-state index contributed by atoms with van der Waals surface area (Å²) in [6.45, 7) is 10.3. The fourth-order valence-electron chi connectivity index (χ4n) is 0. The summed E-state index contributed by atoms with van der Waals surface area (Å²) in [5, 5.41) is 24.2. The van der Waals surface area contributed by atoms with E-state index in [0.29, 0.717) is 0 Å². The average molecular weight is 331 g/mol. The van der Waals surface area contributed by atoms with E-state index in [1.165, 1.54) is 0 Å². The van der Waals surface area contributed by atoms with Gasteiger partial charge in [-0.05, 0) is 41.5 Å². The van der Waals surface area contributed by atoms with E-state index < -0.39 is 0 Å². The van der Waals surface area contributed by atoms with Crippen LogP contribution in [0.5, 0.6) is 0 Å². The second-order valence-corrected chi connectivity index (χ2v) is 3.28. The summed E-state index contributed by atoms with van der Waals surface area (Å²) in [5.41, 5.74) is 0. The molecule has 0 aromatic rings. The van der Waals surface area contributed by atoms with Crippen LogP contribution < -0.4 is 0 Å². The third-order valence-electron chi connectivity index (χ3n) is 0. The van der Waals surface area contributed by atoms with Crippen molar-refractivity contribution in [2.24, 2.45) is 0 Å². The Hall–Kier alpha value is 1.22.